The normalized spacial score (nSPS) is 11.1. The standard InChI is InChI=1S/C12H17N3S3/c1-8(2)4-14-12-15-9(6-17-12)10-5-13-11(18-10)7-16-3/h5-6,8H,4,7H2,1-3H3,(H,14,15). The molecule has 2 rings (SSSR count). The van der Waals surface area contributed by atoms with Gasteiger partial charge in [0.15, 0.2) is 5.13 Å². The quantitative estimate of drug-likeness (QED) is 0.867. The lowest BCUT2D eigenvalue weighted by molar-refractivity contribution is 0.688. The molecule has 0 aliphatic heterocycles. The lowest BCUT2D eigenvalue weighted by Crippen LogP contribution is -2.07. The third-order valence-corrected chi connectivity index (χ3v) is 4.80. The summed E-state index contributed by atoms with van der Waals surface area (Å²) < 4.78 is 0. The largest absolute Gasteiger partial charge is 0.361 e. The average molecular weight is 299 g/mol. The predicted octanol–water partition coefficient (Wildman–Crippen LogP) is 4.20. The van der Waals surface area contributed by atoms with E-state index >= 15 is 0 Å². The van der Waals surface area contributed by atoms with Gasteiger partial charge in [-0.25, -0.2) is 9.97 Å². The summed E-state index contributed by atoms with van der Waals surface area (Å²) in [7, 11) is 0. The number of rotatable bonds is 6. The van der Waals surface area contributed by atoms with Crippen LogP contribution in [0.1, 0.15) is 18.9 Å². The van der Waals surface area contributed by atoms with Crippen LogP contribution in [0.15, 0.2) is 11.6 Å². The zero-order chi connectivity index (χ0) is 13.0. The van der Waals surface area contributed by atoms with Gasteiger partial charge in [-0.05, 0) is 12.2 Å². The minimum Gasteiger partial charge on any atom is -0.361 e. The topological polar surface area (TPSA) is 37.8 Å². The zero-order valence-corrected chi connectivity index (χ0v) is 13.2. The van der Waals surface area contributed by atoms with Crippen LogP contribution in [0, 0.1) is 5.92 Å². The molecule has 0 unspecified atom stereocenters. The van der Waals surface area contributed by atoms with Gasteiger partial charge in [0.25, 0.3) is 0 Å². The van der Waals surface area contributed by atoms with Gasteiger partial charge in [-0.1, -0.05) is 13.8 Å². The zero-order valence-electron chi connectivity index (χ0n) is 10.8. The molecule has 0 bridgehead atoms. The first-order chi connectivity index (χ1) is 8.69. The number of thiazole rings is 2. The van der Waals surface area contributed by atoms with E-state index in [4.69, 9.17) is 0 Å². The van der Waals surface area contributed by atoms with Gasteiger partial charge in [0.2, 0.25) is 0 Å². The summed E-state index contributed by atoms with van der Waals surface area (Å²) in [6, 6.07) is 0. The van der Waals surface area contributed by atoms with Crippen LogP contribution in [0.2, 0.25) is 0 Å². The lowest BCUT2D eigenvalue weighted by atomic mass is 10.2. The minimum absolute atomic E-state index is 0.633. The van der Waals surface area contributed by atoms with E-state index in [2.05, 4.69) is 40.8 Å². The molecule has 1 N–H and O–H groups in total. The van der Waals surface area contributed by atoms with Crippen molar-refractivity contribution in [3.8, 4) is 10.6 Å². The first-order valence-corrected chi connectivity index (χ1v) is 8.91. The predicted molar refractivity (Wildman–Crippen MR) is 83.8 cm³/mol. The number of thioether (sulfide) groups is 1. The van der Waals surface area contributed by atoms with Crippen LogP contribution < -0.4 is 5.32 Å². The van der Waals surface area contributed by atoms with Crippen molar-refractivity contribution in [3.63, 3.8) is 0 Å². The molecule has 0 spiro atoms. The minimum atomic E-state index is 0.633. The smallest absolute Gasteiger partial charge is 0.183 e. The third kappa shape index (κ3) is 3.70. The molecule has 6 heteroatoms. The Balaban J connectivity index is 2.04. The van der Waals surface area contributed by atoms with Crippen molar-refractivity contribution in [2.24, 2.45) is 5.92 Å². The average Bonchev–Trinajstić information content (AvgIpc) is 2.94. The summed E-state index contributed by atoms with van der Waals surface area (Å²) in [5, 5.41) is 7.62. The Bertz CT molecular complexity index is 490. The number of anilines is 1. The molecule has 0 aliphatic carbocycles. The number of hydrogen-bond acceptors (Lipinski definition) is 6. The van der Waals surface area contributed by atoms with Crippen molar-refractivity contribution in [1.82, 2.24) is 9.97 Å². The lowest BCUT2D eigenvalue weighted by Gasteiger charge is -2.04. The summed E-state index contributed by atoms with van der Waals surface area (Å²) in [5.74, 6) is 1.61. The van der Waals surface area contributed by atoms with E-state index in [0.717, 1.165) is 28.0 Å². The Kier molecular flexibility index (Phi) is 5.03. The molecule has 2 aromatic heterocycles. The first kappa shape index (κ1) is 13.8. The number of aromatic nitrogens is 2. The van der Waals surface area contributed by atoms with Gasteiger partial charge in [-0.2, -0.15) is 11.8 Å². The van der Waals surface area contributed by atoms with Crippen molar-refractivity contribution >= 4 is 39.6 Å². The maximum atomic E-state index is 4.60. The fourth-order valence-corrected chi connectivity index (χ4v) is 3.76. The Morgan fingerprint density at radius 3 is 3.00 bits per heavy atom. The second kappa shape index (κ2) is 6.54. The van der Waals surface area contributed by atoms with E-state index in [9.17, 15) is 0 Å². The van der Waals surface area contributed by atoms with Gasteiger partial charge >= 0.3 is 0 Å². The van der Waals surface area contributed by atoms with Crippen molar-refractivity contribution in [2.75, 3.05) is 18.1 Å². The molecular weight excluding hydrogens is 282 g/mol. The molecule has 2 heterocycles. The molecule has 0 radical (unpaired) electrons. The van der Waals surface area contributed by atoms with Crippen LogP contribution in [0.4, 0.5) is 5.13 Å². The fourth-order valence-electron chi connectivity index (χ4n) is 1.38. The number of nitrogens with one attached hydrogen (secondary N) is 1. The van der Waals surface area contributed by atoms with E-state index < -0.39 is 0 Å². The van der Waals surface area contributed by atoms with Crippen LogP contribution in [0.5, 0.6) is 0 Å². The van der Waals surface area contributed by atoms with Crippen LogP contribution >= 0.6 is 34.4 Å². The van der Waals surface area contributed by atoms with E-state index in [1.807, 2.05) is 6.20 Å². The highest BCUT2D eigenvalue weighted by Gasteiger charge is 2.08. The molecule has 0 aliphatic rings. The van der Waals surface area contributed by atoms with Crippen molar-refractivity contribution in [3.05, 3.63) is 16.6 Å². The Morgan fingerprint density at radius 2 is 2.28 bits per heavy atom. The fraction of sp³-hybridized carbons (Fsp3) is 0.500. The van der Waals surface area contributed by atoms with Crippen molar-refractivity contribution in [2.45, 2.75) is 19.6 Å². The van der Waals surface area contributed by atoms with Crippen LogP contribution in [-0.2, 0) is 5.75 Å². The first-order valence-electron chi connectivity index (χ1n) is 5.82. The van der Waals surface area contributed by atoms with Crippen LogP contribution in [0.25, 0.3) is 10.6 Å². The second-order valence-corrected chi connectivity index (χ2v) is 7.20. The highest BCUT2D eigenvalue weighted by atomic mass is 32.2. The molecule has 0 saturated heterocycles. The second-order valence-electron chi connectivity index (χ2n) is 4.36. The van der Waals surface area contributed by atoms with Crippen molar-refractivity contribution < 1.29 is 0 Å². The van der Waals surface area contributed by atoms with E-state index in [-0.39, 0.29) is 0 Å². The van der Waals surface area contributed by atoms with E-state index in [0.29, 0.717) is 5.92 Å². The van der Waals surface area contributed by atoms with E-state index in [1.54, 1.807) is 34.4 Å². The Hall–Kier alpha value is -0.590. The highest BCUT2D eigenvalue weighted by Crippen LogP contribution is 2.30. The van der Waals surface area contributed by atoms with Gasteiger partial charge in [-0.3, -0.25) is 0 Å². The van der Waals surface area contributed by atoms with Crippen LogP contribution in [0.3, 0.4) is 0 Å². The van der Waals surface area contributed by atoms with Gasteiger partial charge < -0.3 is 5.32 Å². The van der Waals surface area contributed by atoms with Crippen molar-refractivity contribution in [1.29, 1.82) is 0 Å². The molecule has 0 aromatic carbocycles. The van der Waals surface area contributed by atoms with Gasteiger partial charge in [-0.15, -0.1) is 22.7 Å². The van der Waals surface area contributed by atoms with E-state index in [1.165, 1.54) is 5.01 Å². The summed E-state index contributed by atoms with van der Waals surface area (Å²) in [5.41, 5.74) is 1.04. The SMILES string of the molecule is CSCc1ncc(-c2csc(NCC(C)C)n2)s1. The molecule has 98 valence electrons. The van der Waals surface area contributed by atoms with Crippen LogP contribution in [-0.4, -0.2) is 22.8 Å². The summed E-state index contributed by atoms with van der Waals surface area (Å²) in [6.45, 7) is 5.35. The van der Waals surface area contributed by atoms with Gasteiger partial charge in [0.05, 0.1) is 10.6 Å². The highest BCUT2D eigenvalue weighted by molar-refractivity contribution is 7.97. The summed E-state index contributed by atoms with van der Waals surface area (Å²) in [4.78, 5) is 10.2. The monoisotopic (exact) mass is 299 g/mol. The van der Waals surface area contributed by atoms with Gasteiger partial charge in [0.1, 0.15) is 5.01 Å². The molecule has 2 aromatic rings. The molecule has 0 amide bonds. The molecule has 0 atom stereocenters. The maximum Gasteiger partial charge on any atom is 0.183 e. The molecule has 3 nitrogen and oxygen atoms in total. The molecule has 0 fully saturated rings. The molecular formula is C12H17N3S3. The third-order valence-electron chi connectivity index (χ3n) is 2.24. The summed E-state index contributed by atoms with van der Waals surface area (Å²) >= 11 is 5.19. The Labute approximate surface area is 120 Å². The molecule has 0 saturated carbocycles. The summed E-state index contributed by atoms with van der Waals surface area (Å²) in [6.07, 6.45) is 4.02. The maximum absolute atomic E-state index is 4.60. The Morgan fingerprint density at radius 1 is 1.44 bits per heavy atom. The number of hydrogen-bond donors (Lipinski definition) is 1. The number of nitrogens with zero attached hydrogens (tertiary/aromatic N) is 2. The molecule has 18 heavy (non-hydrogen) atoms. The van der Waals surface area contributed by atoms with Gasteiger partial charge in [0, 0.05) is 23.9 Å².